The highest BCUT2D eigenvalue weighted by Crippen LogP contribution is 2.35. The van der Waals surface area contributed by atoms with Crippen molar-refractivity contribution >= 4 is 40.9 Å². The number of quaternary nitrogens is 1. The maximum atomic E-state index is 12.8. The minimum atomic E-state index is -0.225. The van der Waals surface area contributed by atoms with Gasteiger partial charge in [0.05, 0.1) is 27.7 Å². The van der Waals surface area contributed by atoms with Gasteiger partial charge < -0.3 is 9.38 Å². The monoisotopic (exact) mass is 386 g/mol. The van der Waals surface area contributed by atoms with E-state index >= 15 is 0 Å². The third-order valence-electron chi connectivity index (χ3n) is 5.03. The van der Waals surface area contributed by atoms with E-state index in [1.807, 2.05) is 30.3 Å². The summed E-state index contributed by atoms with van der Waals surface area (Å²) in [4.78, 5) is 29.2. The average Bonchev–Trinajstić information content (AvgIpc) is 2.61. The van der Waals surface area contributed by atoms with E-state index in [0.29, 0.717) is 23.4 Å². The van der Waals surface area contributed by atoms with Gasteiger partial charge in [-0.3, -0.25) is 14.5 Å². The smallest absolute Gasteiger partial charge is 0.261 e. The first-order chi connectivity index (χ1) is 12.7. The van der Waals surface area contributed by atoms with Crippen LogP contribution in [0.5, 0.6) is 0 Å². The topological polar surface area (TPSA) is 40.6 Å². The number of benzene rings is 2. The Labute approximate surface area is 166 Å². The molecule has 5 nitrogen and oxygen atoms in total. The molecule has 0 spiro atoms. The van der Waals surface area contributed by atoms with E-state index in [2.05, 4.69) is 45.7 Å². The summed E-state index contributed by atoms with van der Waals surface area (Å²) in [5.41, 5.74) is 2.26. The quantitative estimate of drug-likeness (QED) is 0.452. The fourth-order valence-corrected chi connectivity index (χ4v) is 3.87. The predicted molar refractivity (Wildman–Crippen MR) is 114 cm³/mol. The molecule has 0 fully saturated rings. The van der Waals surface area contributed by atoms with Gasteiger partial charge in [0.1, 0.15) is 0 Å². The highest BCUT2D eigenvalue weighted by atomic mass is 32.1. The molecule has 1 aliphatic heterocycles. The molecule has 2 aromatic carbocycles. The van der Waals surface area contributed by atoms with Gasteiger partial charge in [0.15, 0.2) is 0 Å². The first-order valence-electron chi connectivity index (χ1n) is 9.29. The number of carbonyl (C=O) groups is 2. The van der Waals surface area contributed by atoms with Crippen molar-refractivity contribution in [3.63, 3.8) is 0 Å². The molecule has 0 N–H and O–H groups in total. The molecule has 0 atom stereocenters. The Morgan fingerprint density at radius 3 is 2.33 bits per heavy atom. The van der Waals surface area contributed by atoms with Crippen molar-refractivity contribution in [1.29, 1.82) is 0 Å². The van der Waals surface area contributed by atoms with Gasteiger partial charge in [-0.1, -0.05) is 12.1 Å². The summed E-state index contributed by atoms with van der Waals surface area (Å²) in [6.45, 7) is 2.33. The maximum Gasteiger partial charge on any atom is 0.261 e. The summed E-state index contributed by atoms with van der Waals surface area (Å²) in [5.74, 6) is 0.00424. The first kappa shape index (κ1) is 19.7. The lowest BCUT2D eigenvalue weighted by Crippen LogP contribution is -2.41. The van der Waals surface area contributed by atoms with Crippen LogP contribution in [0.1, 0.15) is 27.1 Å². The summed E-state index contributed by atoms with van der Waals surface area (Å²) < 4.78 is 0.932. The summed E-state index contributed by atoms with van der Waals surface area (Å²) in [7, 11) is 8.64. The second-order valence-electron chi connectivity index (χ2n) is 8.13. The van der Waals surface area contributed by atoms with Crippen molar-refractivity contribution in [3.8, 4) is 0 Å². The van der Waals surface area contributed by atoms with Gasteiger partial charge in [0.2, 0.25) is 0 Å². The number of amides is 2. The molecule has 0 radical (unpaired) electrons. The molecule has 2 amide bonds. The lowest BCUT2D eigenvalue weighted by molar-refractivity contribution is -0.870. The highest BCUT2D eigenvalue weighted by molar-refractivity contribution is 7.80. The summed E-state index contributed by atoms with van der Waals surface area (Å²) in [5, 5.41) is 1.74. The van der Waals surface area contributed by atoms with Crippen molar-refractivity contribution in [2.24, 2.45) is 0 Å². The Hall–Kier alpha value is -2.05. The van der Waals surface area contributed by atoms with Crippen molar-refractivity contribution in [2.45, 2.75) is 6.42 Å². The third kappa shape index (κ3) is 3.82. The van der Waals surface area contributed by atoms with Crippen LogP contribution in [0.3, 0.4) is 0 Å². The number of anilines is 1. The third-order valence-corrected chi connectivity index (χ3v) is 5.23. The molecular weight excluding hydrogens is 358 g/mol. The van der Waals surface area contributed by atoms with Gasteiger partial charge >= 0.3 is 0 Å². The SMILES string of the molecule is CN(CCC[N+](C)(C)C)c1ccc2c3c(cccc13)C(=O)N(CCS)C2=O. The van der Waals surface area contributed by atoms with Crippen LogP contribution in [0.15, 0.2) is 30.3 Å². The van der Waals surface area contributed by atoms with E-state index in [4.69, 9.17) is 0 Å². The minimum absolute atomic E-state index is 0.225. The Balaban J connectivity index is 1.99. The van der Waals surface area contributed by atoms with E-state index in [1.54, 1.807) is 0 Å². The molecule has 27 heavy (non-hydrogen) atoms. The van der Waals surface area contributed by atoms with Crippen LogP contribution >= 0.6 is 12.6 Å². The molecule has 2 aromatic rings. The standard InChI is InChI=1S/C21H27N3O2S/c1-22(11-6-13-24(2,3)4)18-10-9-17-19-15(18)7-5-8-16(19)20(25)23(12-14-27)21(17)26/h5,7-10H,6,11-14H2,1-4H3/p+1. The Morgan fingerprint density at radius 2 is 1.70 bits per heavy atom. The Bertz CT molecular complexity index is 867. The normalized spacial score (nSPS) is 14.2. The van der Waals surface area contributed by atoms with Crippen molar-refractivity contribution in [3.05, 3.63) is 41.5 Å². The molecule has 0 saturated carbocycles. The lowest BCUT2D eigenvalue weighted by atomic mass is 9.92. The predicted octanol–water partition coefficient (Wildman–Crippen LogP) is 2.90. The van der Waals surface area contributed by atoms with Crippen LogP contribution in [0, 0.1) is 0 Å². The number of hydrogen-bond acceptors (Lipinski definition) is 4. The van der Waals surface area contributed by atoms with Gasteiger partial charge in [-0.05, 0) is 18.2 Å². The number of rotatable bonds is 7. The van der Waals surface area contributed by atoms with Crippen LogP contribution in [0.4, 0.5) is 5.69 Å². The zero-order valence-electron chi connectivity index (χ0n) is 16.5. The van der Waals surface area contributed by atoms with Crippen molar-refractivity contribution < 1.29 is 14.1 Å². The fraction of sp³-hybridized carbons (Fsp3) is 0.429. The highest BCUT2D eigenvalue weighted by Gasteiger charge is 2.32. The Morgan fingerprint density at radius 1 is 1.04 bits per heavy atom. The Kier molecular flexibility index (Phi) is 5.49. The van der Waals surface area contributed by atoms with Crippen LogP contribution in [-0.2, 0) is 0 Å². The van der Waals surface area contributed by atoms with Crippen molar-refractivity contribution in [2.75, 3.05) is 58.5 Å². The van der Waals surface area contributed by atoms with Crippen LogP contribution in [-0.4, -0.2) is 74.8 Å². The molecule has 1 aliphatic rings. The van der Waals surface area contributed by atoms with E-state index in [0.717, 1.165) is 40.5 Å². The van der Waals surface area contributed by atoms with Crippen LogP contribution in [0.25, 0.3) is 10.8 Å². The van der Waals surface area contributed by atoms with Gasteiger partial charge in [-0.2, -0.15) is 12.6 Å². The second kappa shape index (κ2) is 7.52. The molecule has 0 aromatic heterocycles. The summed E-state index contributed by atoms with van der Waals surface area (Å²) in [6, 6.07) is 9.57. The molecule has 1 heterocycles. The molecule has 3 rings (SSSR count). The maximum absolute atomic E-state index is 12.8. The zero-order chi connectivity index (χ0) is 19.8. The first-order valence-corrected chi connectivity index (χ1v) is 9.92. The number of imide groups is 1. The largest absolute Gasteiger partial charge is 0.374 e. The number of hydrogen-bond donors (Lipinski definition) is 1. The molecule has 0 bridgehead atoms. The summed E-state index contributed by atoms with van der Waals surface area (Å²) in [6.07, 6.45) is 1.07. The van der Waals surface area contributed by atoms with Gasteiger partial charge in [-0.25, -0.2) is 0 Å². The van der Waals surface area contributed by atoms with E-state index in [9.17, 15) is 9.59 Å². The van der Waals surface area contributed by atoms with Gasteiger partial charge in [0.25, 0.3) is 11.8 Å². The van der Waals surface area contributed by atoms with E-state index in [1.165, 1.54) is 4.90 Å². The van der Waals surface area contributed by atoms with Gasteiger partial charge in [-0.15, -0.1) is 0 Å². The molecule has 0 unspecified atom stereocenters. The van der Waals surface area contributed by atoms with E-state index in [-0.39, 0.29) is 11.8 Å². The fourth-order valence-electron chi connectivity index (χ4n) is 3.67. The molecule has 0 saturated heterocycles. The van der Waals surface area contributed by atoms with Crippen LogP contribution in [0.2, 0.25) is 0 Å². The average molecular weight is 387 g/mol. The van der Waals surface area contributed by atoms with E-state index < -0.39 is 0 Å². The van der Waals surface area contributed by atoms with Crippen LogP contribution < -0.4 is 4.90 Å². The zero-order valence-corrected chi connectivity index (χ0v) is 17.4. The minimum Gasteiger partial charge on any atom is -0.374 e. The molecular formula is C21H28N3O2S+. The molecule has 6 heteroatoms. The summed E-state index contributed by atoms with van der Waals surface area (Å²) >= 11 is 4.18. The van der Waals surface area contributed by atoms with Crippen molar-refractivity contribution in [1.82, 2.24) is 4.90 Å². The lowest BCUT2D eigenvalue weighted by Gasteiger charge is -2.29. The van der Waals surface area contributed by atoms with Gasteiger partial charge in [0, 0.05) is 59.9 Å². The molecule has 144 valence electrons. The number of thiol groups is 1. The number of carbonyl (C=O) groups excluding carboxylic acids is 2. The number of nitrogens with zero attached hydrogens (tertiary/aromatic N) is 3. The second-order valence-corrected chi connectivity index (χ2v) is 8.58. The molecule has 0 aliphatic carbocycles.